The maximum atomic E-state index is 11.3. The molecule has 0 unspecified atom stereocenters. The zero-order valence-electron chi connectivity index (χ0n) is 8.99. The van der Waals surface area contributed by atoms with Crippen LogP contribution in [0.25, 0.3) is 6.08 Å². The Labute approximate surface area is 102 Å². The van der Waals surface area contributed by atoms with Crippen LogP contribution in [0.15, 0.2) is 34.3 Å². The van der Waals surface area contributed by atoms with Gasteiger partial charge in [0.15, 0.2) is 5.78 Å². The number of esters is 1. The van der Waals surface area contributed by atoms with Crippen LogP contribution in [0.4, 0.5) is 0 Å². The van der Waals surface area contributed by atoms with Crippen LogP contribution < -0.4 is 0 Å². The van der Waals surface area contributed by atoms with Gasteiger partial charge in [-0.15, -0.1) is 0 Å². The van der Waals surface area contributed by atoms with Crippen LogP contribution in [0.2, 0.25) is 0 Å². The predicted molar refractivity (Wildman–Crippen MR) is 64.8 cm³/mol. The first-order valence-electron chi connectivity index (χ1n) is 4.61. The maximum Gasteiger partial charge on any atom is 0.341 e. The van der Waals surface area contributed by atoms with E-state index in [9.17, 15) is 9.59 Å². The first-order valence-corrected chi connectivity index (χ1v) is 5.41. The maximum absolute atomic E-state index is 11.3. The molecule has 0 N–H and O–H groups in total. The summed E-state index contributed by atoms with van der Waals surface area (Å²) in [6.07, 6.45) is 1.51. The molecule has 0 aliphatic rings. The van der Waals surface area contributed by atoms with Crippen LogP contribution in [0.3, 0.4) is 0 Å². The average molecular weight is 283 g/mol. The topological polar surface area (TPSA) is 43.4 Å². The van der Waals surface area contributed by atoms with Crippen LogP contribution in [0.1, 0.15) is 12.5 Å². The van der Waals surface area contributed by atoms with Crippen molar-refractivity contribution in [3.8, 4) is 0 Å². The molecule has 0 heterocycles. The molecular weight excluding hydrogens is 272 g/mol. The molecule has 3 nitrogen and oxygen atoms in total. The summed E-state index contributed by atoms with van der Waals surface area (Å²) in [7, 11) is 1.25. The smallest absolute Gasteiger partial charge is 0.341 e. The van der Waals surface area contributed by atoms with Crippen LogP contribution in [0, 0.1) is 0 Å². The molecule has 0 aromatic heterocycles. The van der Waals surface area contributed by atoms with Crippen LogP contribution >= 0.6 is 15.9 Å². The lowest BCUT2D eigenvalue weighted by atomic mass is 10.1. The standard InChI is InChI=1S/C12H11BrO3/c1-8(14)10(12(15)16-2)7-9-5-3-4-6-11(9)13/h3-7H,1-2H3. The van der Waals surface area contributed by atoms with Crippen molar-refractivity contribution in [2.24, 2.45) is 0 Å². The molecule has 0 amide bonds. The van der Waals surface area contributed by atoms with Gasteiger partial charge in [-0.25, -0.2) is 4.79 Å². The number of hydrogen-bond acceptors (Lipinski definition) is 3. The Balaban J connectivity index is 3.18. The van der Waals surface area contributed by atoms with Crippen molar-refractivity contribution in [3.63, 3.8) is 0 Å². The summed E-state index contributed by atoms with van der Waals surface area (Å²) in [4.78, 5) is 22.6. The van der Waals surface area contributed by atoms with Crippen LogP contribution in [-0.2, 0) is 14.3 Å². The Morgan fingerprint density at radius 1 is 1.31 bits per heavy atom. The summed E-state index contributed by atoms with van der Waals surface area (Å²) >= 11 is 3.34. The van der Waals surface area contributed by atoms with Gasteiger partial charge < -0.3 is 4.74 Å². The zero-order chi connectivity index (χ0) is 12.1. The van der Waals surface area contributed by atoms with Gasteiger partial charge in [0, 0.05) is 4.47 Å². The van der Waals surface area contributed by atoms with Gasteiger partial charge in [-0.3, -0.25) is 4.79 Å². The fraction of sp³-hybridized carbons (Fsp3) is 0.167. The highest BCUT2D eigenvalue weighted by molar-refractivity contribution is 9.10. The summed E-state index contributed by atoms with van der Waals surface area (Å²) in [5, 5.41) is 0. The molecule has 0 radical (unpaired) electrons. The van der Waals surface area contributed by atoms with Gasteiger partial charge in [0.2, 0.25) is 0 Å². The molecule has 0 spiro atoms. The Hall–Kier alpha value is -1.42. The van der Waals surface area contributed by atoms with Crippen molar-refractivity contribution >= 4 is 33.8 Å². The molecule has 0 bridgehead atoms. The fourth-order valence-corrected chi connectivity index (χ4v) is 1.56. The van der Waals surface area contributed by atoms with Gasteiger partial charge in [0.1, 0.15) is 5.57 Å². The zero-order valence-corrected chi connectivity index (χ0v) is 10.6. The summed E-state index contributed by atoms with van der Waals surface area (Å²) in [6.45, 7) is 1.33. The highest BCUT2D eigenvalue weighted by Gasteiger charge is 2.14. The second kappa shape index (κ2) is 5.61. The van der Waals surface area contributed by atoms with Crippen molar-refractivity contribution in [2.75, 3.05) is 7.11 Å². The number of hydrogen-bond donors (Lipinski definition) is 0. The van der Waals surface area contributed by atoms with Gasteiger partial charge in [-0.05, 0) is 24.6 Å². The normalized spacial score (nSPS) is 11.1. The number of Topliss-reactive ketones (excluding diaryl/α,β-unsaturated/α-hetero) is 1. The van der Waals surface area contributed by atoms with E-state index in [1.807, 2.05) is 18.2 Å². The van der Waals surface area contributed by atoms with E-state index >= 15 is 0 Å². The summed E-state index contributed by atoms with van der Waals surface area (Å²) in [6, 6.07) is 7.31. The number of ether oxygens (including phenoxy) is 1. The largest absolute Gasteiger partial charge is 0.465 e. The number of carbonyl (C=O) groups excluding carboxylic acids is 2. The number of benzene rings is 1. The van der Waals surface area contributed by atoms with E-state index in [1.54, 1.807) is 6.07 Å². The Kier molecular flexibility index (Phi) is 4.43. The van der Waals surface area contributed by atoms with Crippen LogP contribution in [-0.4, -0.2) is 18.9 Å². The number of rotatable bonds is 3. The van der Waals surface area contributed by atoms with E-state index in [4.69, 9.17) is 0 Å². The third-order valence-corrected chi connectivity index (χ3v) is 2.71. The quantitative estimate of drug-likeness (QED) is 0.370. The second-order valence-corrected chi connectivity index (χ2v) is 3.98. The van der Waals surface area contributed by atoms with Crippen molar-refractivity contribution in [2.45, 2.75) is 6.92 Å². The van der Waals surface area contributed by atoms with E-state index in [2.05, 4.69) is 20.7 Å². The number of carbonyl (C=O) groups is 2. The van der Waals surface area contributed by atoms with Gasteiger partial charge in [0.05, 0.1) is 7.11 Å². The first kappa shape index (κ1) is 12.6. The predicted octanol–water partition coefficient (Wildman–Crippen LogP) is 2.59. The highest BCUT2D eigenvalue weighted by Crippen LogP contribution is 2.19. The van der Waals surface area contributed by atoms with E-state index in [1.165, 1.54) is 20.1 Å². The summed E-state index contributed by atoms with van der Waals surface area (Å²) in [5.74, 6) is -0.939. The molecule has 0 aliphatic heterocycles. The minimum absolute atomic E-state index is 0.0365. The van der Waals surface area contributed by atoms with Crippen molar-refractivity contribution < 1.29 is 14.3 Å². The number of methoxy groups -OCH3 is 1. The third kappa shape index (κ3) is 3.03. The monoisotopic (exact) mass is 282 g/mol. The van der Waals surface area contributed by atoms with E-state index in [0.717, 1.165) is 10.0 Å². The molecule has 0 saturated carbocycles. The molecule has 1 rings (SSSR count). The van der Waals surface area contributed by atoms with Gasteiger partial charge in [-0.2, -0.15) is 0 Å². The van der Waals surface area contributed by atoms with Gasteiger partial charge in [-0.1, -0.05) is 34.1 Å². The van der Waals surface area contributed by atoms with Gasteiger partial charge in [0.25, 0.3) is 0 Å². The highest BCUT2D eigenvalue weighted by atomic mass is 79.9. The molecule has 0 saturated heterocycles. The lowest BCUT2D eigenvalue weighted by molar-refractivity contribution is -0.137. The van der Waals surface area contributed by atoms with Gasteiger partial charge >= 0.3 is 5.97 Å². The Morgan fingerprint density at radius 2 is 1.94 bits per heavy atom. The lowest BCUT2D eigenvalue weighted by Crippen LogP contribution is -2.11. The minimum Gasteiger partial charge on any atom is -0.465 e. The Bertz CT molecular complexity index is 449. The minimum atomic E-state index is -0.622. The van der Waals surface area contributed by atoms with Crippen molar-refractivity contribution in [3.05, 3.63) is 39.9 Å². The second-order valence-electron chi connectivity index (χ2n) is 3.13. The summed E-state index contributed by atoms with van der Waals surface area (Å²) < 4.78 is 5.36. The average Bonchev–Trinajstić information content (AvgIpc) is 2.26. The lowest BCUT2D eigenvalue weighted by Gasteiger charge is -2.02. The molecule has 0 aliphatic carbocycles. The molecule has 4 heteroatoms. The van der Waals surface area contributed by atoms with E-state index in [0.29, 0.717) is 0 Å². The first-order chi connectivity index (χ1) is 7.56. The van der Waals surface area contributed by atoms with E-state index < -0.39 is 5.97 Å². The Morgan fingerprint density at radius 3 is 2.44 bits per heavy atom. The molecule has 1 aromatic rings. The van der Waals surface area contributed by atoms with Crippen molar-refractivity contribution in [1.82, 2.24) is 0 Å². The SMILES string of the molecule is COC(=O)C(=Cc1ccccc1Br)C(C)=O. The third-order valence-electron chi connectivity index (χ3n) is 1.99. The fourth-order valence-electron chi connectivity index (χ4n) is 1.16. The molecule has 0 fully saturated rings. The van der Waals surface area contributed by atoms with E-state index in [-0.39, 0.29) is 11.4 Å². The molecular formula is C12H11BrO3. The number of halogens is 1. The van der Waals surface area contributed by atoms with Crippen LogP contribution in [0.5, 0.6) is 0 Å². The number of ketones is 1. The molecule has 0 atom stereocenters. The van der Waals surface area contributed by atoms with Crippen molar-refractivity contribution in [1.29, 1.82) is 0 Å². The molecule has 16 heavy (non-hydrogen) atoms. The summed E-state index contributed by atoms with van der Waals surface area (Å²) in [5.41, 5.74) is 0.799. The molecule has 84 valence electrons. The molecule has 1 aromatic carbocycles.